The molecule has 1 aliphatic carbocycles. The van der Waals surface area contributed by atoms with Gasteiger partial charge in [-0.25, -0.2) is 0 Å². The largest absolute Gasteiger partial charge is 0.373 e. The summed E-state index contributed by atoms with van der Waals surface area (Å²) >= 11 is 0. The molecule has 0 bridgehead atoms. The van der Waals surface area contributed by atoms with Crippen LogP contribution in [0, 0.1) is 12.8 Å². The van der Waals surface area contributed by atoms with Gasteiger partial charge in [0.15, 0.2) is 0 Å². The predicted molar refractivity (Wildman–Crippen MR) is 83.9 cm³/mol. The zero-order chi connectivity index (χ0) is 13.7. The molecule has 1 saturated carbocycles. The molecule has 1 aromatic rings. The molecule has 0 radical (unpaired) electrons. The maximum absolute atomic E-state index is 3.73. The van der Waals surface area contributed by atoms with Crippen molar-refractivity contribution < 1.29 is 0 Å². The Morgan fingerprint density at radius 3 is 2.89 bits per heavy atom. The molecule has 0 spiro atoms. The summed E-state index contributed by atoms with van der Waals surface area (Å²) in [6.45, 7) is 6.70. The normalized spacial score (nSPS) is 23.3. The van der Waals surface area contributed by atoms with Crippen LogP contribution < -0.4 is 10.2 Å². The first kappa shape index (κ1) is 14.4. The molecule has 0 amide bonds. The Morgan fingerprint density at radius 1 is 1.32 bits per heavy atom. The summed E-state index contributed by atoms with van der Waals surface area (Å²) < 4.78 is 0. The topological polar surface area (TPSA) is 15.3 Å². The molecule has 0 aromatic heterocycles. The average molecular weight is 260 g/mol. The monoisotopic (exact) mass is 260 g/mol. The first-order valence-electron chi connectivity index (χ1n) is 7.66. The molecule has 0 saturated heterocycles. The molecule has 2 atom stereocenters. The standard InChI is InChI=1S/C17H28N2/c1-14-6-4-8-16(12-14)18-10-11-19(3)17-9-5-7-15(2)13-17/h5,7,9,13-14,16,18H,4,6,8,10-12H2,1-3H3. The van der Waals surface area contributed by atoms with Gasteiger partial charge < -0.3 is 10.2 Å². The smallest absolute Gasteiger partial charge is 0.0366 e. The van der Waals surface area contributed by atoms with E-state index in [1.807, 2.05) is 0 Å². The Labute approximate surface area is 118 Å². The van der Waals surface area contributed by atoms with Crippen molar-refractivity contribution in [2.45, 2.75) is 45.6 Å². The predicted octanol–water partition coefficient (Wildman–Crippen LogP) is 3.60. The van der Waals surface area contributed by atoms with Gasteiger partial charge in [-0.3, -0.25) is 0 Å². The Morgan fingerprint density at radius 2 is 2.16 bits per heavy atom. The molecule has 1 N–H and O–H groups in total. The molecule has 106 valence electrons. The van der Waals surface area contributed by atoms with Gasteiger partial charge in [0.1, 0.15) is 0 Å². The fourth-order valence-corrected chi connectivity index (χ4v) is 3.05. The number of anilines is 1. The fraction of sp³-hybridized carbons (Fsp3) is 0.647. The van der Waals surface area contributed by atoms with Crippen molar-refractivity contribution in [3.8, 4) is 0 Å². The molecule has 2 rings (SSSR count). The second-order valence-electron chi connectivity index (χ2n) is 6.18. The number of benzene rings is 1. The number of nitrogens with one attached hydrogen (secondary N) is 1. The van der Waals surface area contributed by atoms with Crippen molar-refractivity contribution >= 4 is 5.69 Å². The van der Waals surface area contributed by atoms with Crippen LogP contribution in [0.2, 0.25) is 0 Å². The number of hydrogen-bond donors (Lipinski definition) is 1. The number of aryl methyl sites for hydroxylation is 1. The van der Waals surface area contributed by atoms with Gasteiger partial charge in [0.05, 0.1) is 0 Å². The Hall–Kier alpha value is -1.02. The van der Waals surface area contributed by atoms with E-state index in [4.69, 9.17) is 0 Å². The maximum atomic E-state index is 3.73. The minimum atomic E-state index is 0.745. The lowest BCUT2D eigenvalue weighted by atomic mass is 9.87. The molecule has 2 unspecified atom stereocenters. The Bertz CT molecular complexity index is 389. The highest BCUT2D eigenvalue weighted by atomic mass is 15.1. The first-order valence-corrected chi connectivity index (χ1v) is 7.66. The van der Waals surface area contributed by atoms with Crippen LogP contribution in [-0.4, -0.2) is 26.2 Å². The lowest BCUT2D eigenvalue weighted by molar-refractivity contribution is 0.303. The van der Waals surface area contributed by atoms with E-state index in [0.29, 0.717) is 0 Å². The van der Waals surface area contributed by atoms with Crippen molar-refractivity contribution in [1.29, 1.82) is 0 Å². The maximum Gasteiger partial charge on any atom is 0.0366 e. The van der Waals surface area contributed by atoms with Crippen LogP contribution in [0.15, 0.2) is 24.3 Å². The second-order valence-corrected chi connectivity index (χ2v) is 6.18. The van der Waals surface area contributed by atoms with Crippen LogP contribution in [0.3, 0.4) is 0 Å². The quantitative estimate of drug-likeness (QED) is 0.870. The van der Waals surface area contributed by atoms with Crippen LogP contribution in [0.25, 0.3) is 0 Å². The van der Waals surface area contributed by atoms with E-state index in [0.717, 1.165) is 25.0 Å². The third-order valence-corrected chi connectivity index (χ3v) is 4.26. The van der Waals surface area contributed by atoms with Crippen molar-refractivity contribution in [3.05, 3.63) is 29.8 Å². The molecule has 0 aliphatic heterocycles. The molecule has 2 nitrogen and oxygen atoms in total. The summed E-state index contributed by atoms with van der Waals surface area (Å²) in [5, 5.41) is 3.73. The van der Waals surface area contributed by atoms with Crippen LogP contribution in [-0.2, 0) is 0 Å². The molecular weight excluding hydrogens is 232 g/mol. The van der Waals surface area contributed by atoms with Crippen molar-refractivity contribution in [1.82, 2.24) is 5.32 Å². The van der Waals surface area contributed by atoms with Gasteiger partial charge in [0.2, 0.25) is 0 Å². The van der Waals surface area contributed by atoms with E-state index in [9.17, 15) is 0 Å². The lowest BCUT2D eigenvalue weighted by Gasteiger charge is -2.28. The first-order chi connectivity index (χ1) is 9.15. The summed E-state index contributed by atoms with van der Waals surface area (Å²) in [6, 6.07) is 9.48. The van der Waals surface area contributed by atoms with Crippen molar-refractivity contribution in [3.63, 3.8) is 0 Å². The Kier molecular flexibility index (Phi) is 5.26. The van der Waals surface area contributed by atoms with Gasteiger partial charge in [-0.05, 0) is 43.4 Å². The minimum absolute atomic E-state index is 0.745. The summed E-state index contributed by atoms with van der Waals surface area (Å²) in [5.74, 6) is 0.903. The molecule has 1 aromatic carbocycles. The summed E-state index contributed by atoms with van der Waals surface area (Å²) in [6.07, 6.45) is 5.53. The van der Waals surface area contributed by atoms with E-state index >= 15 is 0 Å². The van der Waals surface area contributed by atoms with Gasteiger partial charge in [-0.1, -0.05) is 31.9 Å². The highest BCUT2D eigenvalue weighted by Gasteiger charge is 2.17. The number of rotatable bonds is 5. The molecule has 1 aliphatic rings. The number of hydrogen-bond acceptors (Lipinski definition) is 2. The van der Waals surface area contributed by atoms with Crippen LogP contribution in [0.1, 0.15) is 38.2 Å². The van der Waals surface area contributed by atoms with Gasteiger partial charge in [0, 0.05) is 31.9 Å². The molecular formula is C17H28N2. The zero-order valence-corrected chi connectivity index (χ0v) is 12.7. The SMILES string of the molecule is Cc1cccc(N(C)CCNC2CCCC(C)C2)c1. The molecule has 2 heteroatoms. The number of likely N-dealkylation sites (N-methyl/N-ethyl adjacent to an activating group) is 1. The third kappa shape index (κ3) is 4.54. The summed E-state index contributed by atoms with van der Waals surface area (Å²) in [7, 11) is 2.18. The highest BCUT2D eigenvalue weighted by Crippen LogP contribution is 2.23. The Balaban J connectivity index is 1.73. The molecule has 0 heterocycles. The summed E-state index contributed by atoms with van der Waals surface area (Å²) in [5.41, 5.74) is 2.65. The minimum Gasteiger partial charge on any atom is -0.373 e. The molecule has 1 fully saturated rings. The van der Waals surface area contributed by atoms with Gasteiger partial charge >= 0.3 is 0 Å². The van der Waals surface area contributed by atoms with Gasteiger partial charge in [0.25, 0.3) is 0 Å². The third-order valence-electron chi connectivity index (χ3n) is 4.26. The van der Waals surface area contributed by atoms with Crippen LogP contribution >= 0.6 is 0 Å². The fourth-order valence-electron chi connectivity index (χ4n) is 3.05. The lowest BCUT2D eigenvalue weighted by Crippen LogP contribution is -2.38. The second kappa shape index (κ2) is 6.95. The molecule has 19 heavy (non-hydrogen) atoms. The van der Waals surface area contributed by atoms with Crippen LogP contribution in [0.4, 0.5) is 5.69 Å². The van der Waals surface area contributed by atoms with E-state index in [1.54, 1.807) is 0 Å². The highest BCUT2D eigenvalue weighted by molar-refractivity contribution is 5.47. The summed E-state index contributed by atoms with van der Waals surface area (Å²) in [4.78, 5) is 2.34. The van der Waals surface area contributed by atoms with Gasteiger partial charge in [-0.2, -0.15) is 0 Å². The average Bonchev–Trinajstić information content (AvgIpc) is 2.38. The van der Waals surface area contributed by atoms with Crippen LogP contribution in [0.5, 0.6) is 0 Å². The van der Waals surface area contributed by atoms with Crippen molar-refractivity contribution in [2.24, 2.45) is 5.92 Å². The number of nitrogens with zero attached hydrogens (tertiary/aromatic N) is 1. The van der Waals surface area contributed by atoms with E-state index < -0.39 is 0 Å². The zero-order valence-electron chi connectivity index (χ0n) is 12.7. The van der Waals surface area contributed by atoms with E-state index in [-0.39, 0.29) is 0 Å². The van der Waals surface area contributed by atoms with Gasteiger partial charge in [-0.15, -0.1) is 0 Å². The van der Waals surface area contributed by atoms with Crippen molar-refractivity contribution in [2.75, 3.05) is 25.0 Å². The van der Waals surface area contributed by atoms with E-state index in [1.165, 1.54) is 36.9 Å². The van der Waals surface area contributed by atoms with E-state index in [2.05, 4.69) is 55.4 Å².